The molecular formula is C13H19BrN2. The van der Waals surface area contributed by atoms with E-state index in [1.165, 1.54) is 18.4 Å². The quantitative estimate of drug-likeness (QED) is 0.904. The summed E-state index contributed by atoms with van der Waals surface area (Å²) in [4.78, 5) is 4.19. The third-order valence-corrected chi connectivity index (χ3v) is 4.02. The van der Waals surface area contributed by atoms with Gasteiger partial charge in [-0.1, -0.05) is 6.92 Å². The Labute approximate surface area is 106 Å². The molecule has 0 aromatic carbocycles. The molecule has 1 heterocycles. The summed E-state index contributed by atoms with van der Waals surface area (Å²) in [5.74, 6) is 0.845. The predicted octanol–water partition coefficient (Wildman–Crippen LogP) is 3.29. The summed E-state index contributed by atoms with van der Waals surface area (Å²) in [5, 5.41) is 0. The number of hydrogen-bond donors (Lipinski definition) is 1. The number of nitrogens with zero attached hydrogens (tertiary/aromatic N) is 1. The van der Waals surface area contributed by atoms with Crippen molar-refractivity contribution in [3.63, 3.8) is 0 Å². The molecule has 1 fully saturated rings. The molecule has 3 heteroatoms. The van der Waals surface area contributed by atoms with Gasteiger partial charge in [-0.2, -0.15) is 0 Å². The average Bonchev–Trinajstić information content (AvgIpc) is 2.23. The van der Waals surface area contributed by atoms with Gasteiger partial charge in [0, 0.05) is 22.4 Å². The molecular weight excluding hydrogens is 264 g/mol. The number of halogens is 1. The lowest BCUT2D eigenvalue weighted by molar-refractivity contribution is 0.243. The fourth-order valence-electron chi connectivity index (χ4n) is 2.47. The molecule has 1 aliphatic rings. The number of nitrogens with two attached hydrogens (primary N) is 1. The van der Waals surface area contributed by atoms with Crippen molar-refractivity contribution in [1.82, 2.24) is 4.98 Å². The third kappa shape index (κ3) is 3.05. The van der Waals surface area contributed by atoms with Gasteiger partial charge in [-0.3, -0.25) is 4.98 Å². The Kier molecular flexibility index (Phi) is 3.65. The highest BCUT2D eigenvalue weighted by Gasteiger charge is 2.30. The third-order valence-electron chi connectivity index (χ3n) is 3.59. The molecule has 1 aromatic heterocycles. The van der Waals surface area contributed by atoms with Crippen molar-refractivity contribution >= 4 is 15.9 Å². The van der Waals surface area contributed by atoms with Crippen LogP contribution in [-0.2, 0) is 6.42 Å². The molecule has 0 unspecified atom stereocenters. The van der Waals surface area contributed by atoms with E-state index in [4.69, 9.17) is 5.73 Å². The van der Waals surface area contributed by atoms with Crippen LogP contribution in [0, 0.1) is 5.92 Å². The predicted molar refractivity (Wildman–Crippen MR) is 70.2 cm³/mol. The van der Waals surface area contributed by atoms with Crippen LogP contribution in [0.4, 0.5) is 0 Å². The highest BCUT2D eigenvalue weighted by Crippen LogP contribution is 2.32. The monoisotopic (exact) mass is 282 g/mol. The molecule has 2 rings (SSSR count). The van der Waals surface area contributed by atoms with E-state index in [9.17, 15) is 0 Å². The van der Waals surface area contributed by atoms with Crippen molar-refractivity contribution < 1.29 is 0 Å². The Hall–Kier alpha value is -0.410. The average molecular weight is 283 g/mol. The first-order valence-electron chi connectivity index (χ1n) is 5.96. The summed E-state index contributed by atoms with van der Waals surface area (Å²) in [7, 11) is 0. The largest absolute Gasteiger partial charge is 0.325 e. The van der Waals surface area contributed by atoms with E-state index in [0.717, 1.165) is 29.7 Å². The van der Waals surface area contributed by atoms with Gasteiger partial charge < -0.3 is 5.73 Å². The van der Waals surface area contributed by atoms with Gasteiger partial charge >= 0.3 is 0 Å². The smallest absolute Gasteiger partial charge is 0.0410 e. The molecule has 0 spiro atoms. The minimum absolute atomic E-state index is 0.00498. The van der Waals surface area contributed by atoms with Gasteiger partial charge in [0.15, 0.2) is 0 Å². The molecule has 1 saturated carbocycles. The standard InChI is InChI=1S/C13H19BrN2/c1-10-2-4-13(15,5-3-10)7-11-6-12(14)9-16-8-11/h6,8-10H,2-5,7,15H2,1H3. The van der Waals surface area contributed by atoms with Gasteiger partial charge in [0.05, 0.1) is 0 Å². The van der Waals surface area contributed by atoms with Crippen LogP contribution in [0.3, 0.4) is 0 Å². The zero-order valence-corrected chi connectivity index (χ0v) is 11.3. The summed E-state index contributed by atoms with van der Waals surface area (Å²) in [6.45, 7) is 2.32. The first-order valence-corrected chi connectivity index (χ1v) is 6.75. The highest BCUT2D eigenvalue weighted by atomic mass is 79.9. The van der Waals surface area contributed by atoms with Gasteiger partial charge in [-0.15, -0.1) is 0 Å². The second-order valence-electron chi connectivity index (χ2n) is 5.23. The maximum Gasteiger partial charge on any atom is 0.0410 e. The van der Waals surface area contributed by atoms with Crippen LogP contribution >= 0.6 is 15.9 Å². The van der Waals surface area contributed by atoms with Gasteiger partial charge in [0.25, 0.3) is 0 Å². The fraction of sp³-hybridized carbons (Fsp3) is 0.615. The lowest BCUT2D eigenvalue weighted by Gasteiger charge is -2.36. The van der Waals surface area contributed by atoms with Crippen LogP contribution in [0.15, 0.2) is 22.9 Å². The highest BCUT2D eigenvalue weighted by molar-refractivity contribution is 9.10. The molecule has 0 radical (unpaired) electrons. The minimum Gasteiger partial charge on any atom is -0.325 e. The van der Waals surface area contributed by atoms with Crippen molar-refractivity contribution in [3.8, 4) is 0 Å². The van der Waals surface area contributed by atoms with Gasteiger partial charge in [-0.05, 0) is 65.6 Å². The summed E-state index contributed by atoms with van der Waals surface area (Å²) in [6.07, 6.45) is 9.50. The normalized spacial score (nSPS) is 30.3. The summed E-state index contributed by atoms with van der Waals surface area (Å²) in [6, 6.07) is 2.12. The van der Waals surface area contributed by atoms with E-state index in [2.05, 4.69) is 33.9 Å². The molecule has 1 aromatic rings. The van der Waals surface area contributed by atoms with Crippen LogP contribution in [0.5, 0.6) is 0 Å². The van der Waals surface area contributed by atoms with Gasteiger partial charge in [-0.25, -0.2) is 0 Å². The molecule has 0 saturated heterocycles. The number of pyridine rings is 1. The van der Waals surface area contributed by atoms with Crippen molar-refractivity contribution in [2.24, 2.45) is 11.7 Å². The molecule has 0 atom stereocenters. The Morgan fingerprint density at radius 3 is 2.75 bits per heavy atom. The van der Waals surface area contributed by atoms with Crippen molar-refractivity contribution in [2.75, 3.05) is 0 Å². The topological polar surface area (TPSA) is 38.9 Å². The Bertz CT molecular complexity index is 357. The lowest BCUT2D eigenvalue weighted by Crippen LogP contribution is -2.45. The van der Waals surface area contributed by atoms with Crippen LogP contribution in [-0.4, -0.2) is 10.5 Å². The maximum absolute atomic E-state index is 6.46. The van der Waals surface area contributed by atoms with E-state index < -0.39 is 0 Å². The number of aromatic nitrogens is 1. The van der Waals surface area contributed by atoms with Crippen molar-refractivity contribution in [3.05, 3.63) is 28.5 Å². The molecule has 1 aliphatic carbocycles. The zero-order chi connectivity index (χ0) is 11.6. The van der Waals surface area contributed by atoms with Gasteiger partial charge in [0.1, 0.15) is 0 Å². The second-order valence-corrected chi connectivity index (χ2v) is 6.15. The fourth-order valence-corrected chi connectivity index (χ4v) is 2.89. The summed E-state index contributed by atoms with van der Waals surface area (Å²) >= 11 is 3.45. The van der Waals surface area contributed by atoms with Crippen LogP contribution in [0.1, 0.15) is 38.2 Å². The van der Waals surface area contributed by atoms with Gasteiger partial charge in [0.2, 0.25) is 0 Å². The number of hydrogen-bond acceptors (Lipinski definition) is 2. The van der Waals surface area contributed by atoms with E-state index in [-0.39, 0.29) is 5.54 Å². The molecule has 2 nitrogen and oxygen atoms in total. The Morgan fingerprint density at radius 1 is 1.44 bits per heavy atom. The number of rotatable bonds is 2. The Morgan fingerprint density at radius 2 is 2.12 bits per heavy atom. The molecule has 0 bridgehead atoms. The maximum atomic E-state index is 6.46. The second kappa shape index (κ2) is 4.84. The van der Waals surface area contributed by atoms with E-state index in [0.29, 0.717) is 0 Å². The molecule has 2 N–H and O–H groups in total. The van der Waals surface area contributed by atoms with E-state index in [1.54, 1.807) is 0 Å². The van der Waals surface area contributed by atoms with Crippen LogP contribution < -0.4 is 5.73 Å². The lowest BCUT2D eigenvalue weighted by atomic mass is 9.75. The summed E-state index contributed by atoms with van der Waals surface area (Å²) in [5.41, 5.74) is 7.70. The minimum atomic E-state index is -0.00498. The molecule has 16 heavy (non-hydrogen) atoms. The summed E-state index contributed by atoms with van der Waals surface area (Å²) < 4.78 is 1.04. The van der Waals surface area contributed by atoms with Crippen LogP contribution in [0.25, 0.3) is 0 Å². The molecule has 0 amide bonds. The van der Waals surface area contributed by atoms with Crippen LogP contribution in [0.2, 0.25) is 0 Å². The van der Waals surface area contributed by atoms with E-state index >= 15 is 0 Å². The molecule has 0 aliphatic heterocycles. The van der Waals surface area contributed by atoms with Crippen molar-refractivity contribution in [1.29, 1.82) is 0 Å². The first kappa shape index (κ1) is 12.1. The zero-order valence-electron chi connectivity index (χ0n) is 9.75. The van der Waals surface area contributed by atoms with Crippen molar-refractivity contribution in [2.45, 2.75) is 44.6 Å². The molecule has 88 valence electrons. The van der Waals surface area contributed by atoms with E-state index in [1.807, 2.05) is 12.4 Å². The SMILES string of the molecule is CC1CCC(N)(Cc2cncc(Br)c2)CC1. The Balaban J connectivity index is 2.03. The first-order chi connectivity index (χ1) is 7.57.